The number of ether oxygens (including phenoxy) is 2. The fourth-order valence-electron chi connectivity index (χ4n) is 2.51. The summed E-state index contributed by atoms with van der Waals surface area (Å²) in [7, 11) is 1.41. The molecule has 0 spiro atoms. The van der Waals surface area contributed by atoms with E-state index in [1.54, 1.807) is 0 Å². The number of methoxy groups -OCH3 is 1. The molecule has 0 amide bonds. The highest BCUT2D eigenvalue weighted by Gasteiger charge is 2.18. The van der Waals surface area contributed by atoms with Crippen molar-refractivity contribution in [2.75, 3.05) is 7.11 Å². The van der Waals surface area contributed by atoms with E-state index in [1.807, 2.05) is 13.0 Å². The Morgan fingerprint density at radius 2 is 1.30 bits per heavy atom. The molecular weight excluding hydrogens is 444 g/mol. The first-order valence-corrected chi connectivity index (χ1v) is 11.6. The Morgan fingerprint density at radius 1 is 0.833 bits per heavy atom. The van der Waals surface area contributed by atoms with Crippen LogP contribution in [0.2, 0.25) is 0 Å². The van der Waals surface area contributed by atoms with Gasteiger partial charge in [0.2, 0.25) is 0 Å². The molecule has 2 atom stereocenters. The van der Waals surface area contributed by atoms with Gasteiger partial charge in [0.05, 0.1) is 11.9 Å². The molecule has 0 heterocycles. The molecular formula is C25H37BrO4. The summed E-state index contributed by atoms with van der Waals surface area (Å²) in [4.78, 5) is 22.2. The Bertz CT molecular complexity index is 602. The third kappa shape index (κ3) is 18.2. The predicted molar refractivity (Wildman–Crippen MR) is 129 cm³/mol. The number of carbonyl (C=O) groups excluding carboxylic acids is 2. The van der Waals surface area contributed by atoms with Crippen molar-refractivity contribution in [3.05, 3.63) is 60.8 Å². The highest BCUT2D eigenvalue weighted by Crippen LogP contribution is 2.17. The monoisotopic (exact) mass is 480 g/mol. The summed E-state index contributed by atoms with van der Waals surface area (Å²) < 4.78 is 9.87. The number of hydrogen-bond acceptors (Lipinski definition) is 4. The molecule has 0 fully saturated rings. The van der Waals surface area contributed by atoms with Crippen LogP contribution in [0.15, 0.2) is 60.8 Å². The van der Waals surface area contributed by atoms with Crippen molar-refractivity contribution < 1.29 is 19.1 Å². The standard InChI is InChI=1S/C25H37BrO4/c1-4-24(30-22(2)27)23(26)20-18-16-14-12-10-8-6-5-7-9-11-13-15-17-19-21-25(28)29-3/h5-6,9-12,15-18,23-24H,4,7-8,13-14,19-21H2,1-3H3/b6-5-,11-9-,12-10-,17-15-,18-16-/t23-,24-/m1/s1. The van der Waals surface area contributed by atoms with E-state index in [1.165, 1.54) is 14.0 Å². The van der Waals surface area contributed by atoms with Gasteiger partial charge in [-0.15, -0.1) is 0 Å². The van der Waals surface area contributed by atoms with E-state index in [-0.39, 0.29) is 22.9 Å². The van der Waals surface area contributed by atoms with Crippen LogP contribution < -0.4 is 0 Å². The van der Waals surface area contributed by atoms with E-state index < -0.39 is 0 Å². The van der Waals surface area contributed by atoms with Crippen molar-refractivity contribution in [1.29, 1.82) is 0 Å². The van der Waals surface area contributed by atoms with Gasteiger partial charge in [-0.05, 0) is 44.9 Å². The molecule has 0 aliphatic heterocycles. The molecule has 0 aliphatic rings. The van der Waals surface area contributed by atoms with Crippen molar-refractivity contribution in [2.45, 2.75) is 76.1 Å². The average Bonchev–Trinajstić information content (AvgIpc) is 2.73. The summed E-state index contributed by atoms with van der Waals surface area (Å²) in [5, 5.41) is 0. The number of alkyl halides is 1. The van der Waals surface area contributed by atoms with Gasteiger partial charge in [0.25, 0.3) is 0 Å². The zero-order valence-electron chi connectivity index (χ0n) is 18.6. The van der Waals surface area contributed by atoms with E-state index in [2.05, 4.69) is 75.4 Å². The van der Waals surface area contributed by atoms with Gasteiger partial charge in [0, 0.05) is 13.3 Å². The molecule has 4 nitrogen and oxygen atoms in total. The summed E-state index contributed by atoms with van der Waals surface area (Å²) in [5.41, 5.74) is 0. The largest absolute Gasteiger partial charge is 0.469 e. The number of esters is 2. The molecule has 0 rings (SSSR count). The first-order valence-electron chi connectivity index (χ1n) is 10.6. The molecule has 5 heteroatoms. The van der Waals surface area contributed by atoms with E-state index in [9.17, 15) is 9.59 Å². The van der Waals surface area contributed by atoms with E-state index in [0.717, 1.165) is 44.9 Å². The fourth-order valence-corrected chi connectivity index (χ4v) is 3.21. The summed E-state index contributed by atoms with van der Waals surface area (Å²) >= 11 is 3.60. The second kappa shape index (κ2) is 20.4. The predicted octanol–water partition coefficient (Wildman–Crippen LogP) is 6.78. The Hall–Kier alpha value is -1.88. The van der Waals surface area contributed by atoms with Crippen LogP contribution in [0.25, 0.3) is 0 Å². The summed E-state index contributed by atoms with van der Waals surface area (Å²) in [6.07, 6.45) is 27.6. The number of rotatable bonds is 16. The summed E-state index contributed by atoms with van der Waals surface area (Å²) in [6.45, 7) is 3.47. The second-order valence-corrected chi connectivity index (χ2v) is 7.90. The van der Waals surface area contributed by atoms with Gasteiger partial charge in [-0.2, -0.15) is 0 Å². The van der Waals surface area contributed by atoms with Crippen LogP contribution in [0.5, 0.6) is 0 Å². The SMILES string of the molecule is CC[C@@H](OC(C)=O)[C@H](Br)C/C=C\C/C=C\C/C=C\C/C=C\C/C=C\CCC(=O)OC. The third-order valence-electron chi connectivity index (χ3n) is 4.15. The number of hydrogen-bond donors (Lipinski definition) is 0. The van der Waals surface area contributed by atoms with Crippen molar-refractivity contribution in [2.24, 2.45) is 0 Å². The molecule has 0 bridgehead atoms. The second-order valence-electron chi connectivity index (χ2n) is 6.72. The molecule has 0 aromatic rings. The van der Waals surface area contributed by atoms with Crippen molar-refractivity contribution in [3.8, 4) is 0 Å². The average molecular weight is 481 g/mol. The van der Waals surface area contributed by atoms with Gasteiger partial charge in [0.15, 0.2) is 0 Å². The minimum atomic E-state index is -0.231. The molecule has 0 aliphatic carbocycles. The highest BCUT2D eigenvalue weighted by molar-refractivity contribution is 9.09. The lowest BCUT2D eigenvalue weighted by atomic mass is 10.1. The maximum Gasteiger partial charge on any atom is 0.305 e. The van der Waals surface area contributed by atoms with E-state index in [0.29, 0.717) is 6.42 Å². The molecule has 0 aromatic heterocycles. The van der Waals surface area contributed by atoms with Crippen molar-refractivity contribution in [3.63, 3.8) is 0 Å². The van der Waals surface area contributed by atoms with E-state index >= 15 is 0 Å². The van der Waals surface area contributed by atoms with Crippen LogP contribution in [0.4, 0.5) is 0 Å². The molecule has 0 unspecified atom stereocenters. The number of carbonyl (C=O) groups is 2. The zero-order valence-corrected chi connectivity index (χ0v) is 20.2. The van der Waals surface area contributed by atoms with Crippen LogP contribution in [0.1, 0.15) is 65.2 Å². The van der Waals surface area contributed by atoms with Gasteiger partial charge in [-0.25, -0.2) is 0 Å². The highest BCUT2D eigenvalue weighted by atomic mass is 79.9. The molecule has 0 saturated carbocycles. The minimum absolute atomic E-state index is 0.0792. The lowest BCUT2D eigenvalue weighted by Crippen LogP contribution is -2.25. The Kier molecular flexibility index (Phi) is 19.1. The maximum absolute atomic E-state index is 11.1. The molecule has 0 radical (unpaired) electrons. The van der Waals surface area contributed by atoms with Gasteiger partial charge in [-0.3, -0.25) is 9.59 Å². The van der Waals surface area contributed by atoms with Crippen molar-refractivity contribution >= 4 is 27.9 Å². The zero-order chi connectivity index (χ0) is 22.5. The van der Waals surface area contributed by atoms with Crippen molar-refractivity contribution in [1.82, 2.24) is 0 Å². The quantitative estimate of drug-likeness (QED) is 0.139. The first-order chi connectivity index (χ1) is 14.5. The topological polar surface area (TPSA) is 52.6 Å². The smallest absolute Gasteiger partial charge is 0.305 e. The van der Waals surface area contributed by atoms with Crippen LogP contribution in [0, 0.1) is 0 Å². The summed E-state index contributed by atoms with van der Waals surface area (Å²) in [5.74, 6) is -0.398. The maximum atomic E-state index is 11.1. The lowest BCUT2D eigenvalue weighted by Gasteiger charge is -2.19. The van der Waals surface area contributed by atoms with Crippen LogP contribution in [-0.2, 0) is 19.1 Å². The van der Waals surface area contributed by atoms with Crippen LogP contribution in [-0.4, -0.2) is 30.0 Å². The third-order valence-corrected chi connectivity index (χ3v) is 5.11. The molecule has 0 aromatic carbocycles. The van der Waals surface area contributed by atoms with Gasteiger partial charge in [0.1, 0.15) is 6.10 Å². The van der Waals surface area contributed by atoms with Gasteiger partial charge in [-0.1, -0.05) is 83.6 Å². The van der Waals surface area contributed by atoms with Crippen LogP contribution in [0.3, 0.4) is 0 Å². The molecule has 0 saturated heterocycles. The first kappa shape index (κ1) is 28.1. The minimum Gasteiger partial charge on any atom is -0.469 e. The number of halogens is 1. The molecule has 0 N–H and O–H groups in total. The van der Waals surface area contributed by atoms with Gasteiger partial charge >= 0.3 is 11.9 Å². The Morgan fingerprint density at radius 3 is 1.73 bits per heavy atom. The Labute approximate surface area is 190 Å². The van der Waals surface area contributed by atoms with Gasteiger partial charge < -0.3 is 9.47 Å². The van der Waals surface area contributed by atoms with E-state index in [4.69, 9.17) is 4.74 Å². The van der Waals surface area contributed by atoms with Crippen LogP contribution >= 0.6 is 15.9 Å². The number of allylic oxidation sites excluding steroid dienone is 10. The lowest BCUT2D eigenvalue weighted by molar-refractivity contribution is -0.146. The summed E-state index contributed by atoms with van der Waals surface area (Å²) in [6, 6.07) is 0. The molecule has 30 heavy (non-hydrogen) atoms. The normalized spacial score (nSPS) is 14.4. The Balaban J connectivity index is 3.77. The molecule has 168 valence electrons. The fraction of sp³-hybridized carbons (Fsp3) is 0.520.